The molecule has 2 aromatic heterocycles. The number of carbonyl (C=O) groups excluding carboxylic acids is 1. The van der Waals surface area contributed by atoms with E-state index in [1.165, 1.54) is 10.9 Å². The molecule has 1 unspecified atom stereocenters. The minimum Gasteiger partial charge on any atom is -0.395 e. The van der Waals surface area contributed by atoms with Crippen LogP contribution in [0.25, 0.3) is 11.2 Å². The molecule has 1 aliphatic heterocycles. The average Bonchev–Trinajstić information content (AvgIpc) is 3.10. The molecule has 3 rings (SSSR count). The molecule has 3 heterocycles. The van der Waals surface area contributed by atoms with Gasteiger partial charge in [-0.25, -0.2) is 9.37 Å². The lowest BCUT2D eigenvalue weighted by Crippen LogP contribution is -2.29. The highest BCUT2D eigenvalue weighted by atomic mass is 32.2. The molecule has 1 aliphatic rings. The Bertz CT molecular complexity index is 853. The minimum absolute atomic E-state index is 0.0122. The third-order valence-electron chi connectivity index (χ3n) is 3.94. The van der Waals surface area contributed by atoms with Crippen molar-refractivity contribution in [1.29, 1.82) is 0 Å². The van der Waals surface area contributed by atoms with Crippen molar-refractivity contribution < 1.29 is 19.4 Å². The number of H-pyrrole nitrogens is 1. The van der Waals surface area contributed by atoms with Crippen molar-refractivity contribution in [2.75, 3.05) is 11.9 Å². The largest absolute Gasteiger partial charge is 0.395 e. The normalized spacial score (nSPS) is 26.5. The molecule has 1 saturated heterocycles. The molecule has 136 valence electrons. The molecule has 25 heavy (non-hydrogen) atoms. The van der Waals surface area contributed by atoms with Gasteiger partial charge in [0.1, 0.15) is 17.6 Å². The van der Waals surface area contributed by atoms with Crippen LogP contribution in [0, 0.1) is 5.92 Å². The summed E-state index contributed by atoms with van der Waals surface area (Å²) in [6.07, 6.45) is -1.71. The molecule has 2 aromatic rings. The van der Waals surface area contributed by atoms with Gasteiger partial charge in [-0.2, -0.15) is 4.98 Å². The molecular formula is C14H18FN5O4S. The van der Waals surface area contributed by atoms with E-state index in [0.717, 1.165) is 11.8 Å². The average molecular weight is 371 g/mol. The van der Waals surface area contributed by atoms with Crippen molar-refractivity contribution in [3.05, 3.63) is 16.7 Å². The Hall–Kier alpha value is -1.98. The van der Waals surface area contributed by atoms with Crippen molar-refractivity contribution in [1.82, 2.24) is 19.5 Å². The second-order valence-electron chi connectivity index (χ2n) is 6.07. The number of carbonyl (C=O) groups is 1. The number of aromatic amines is 1. The number of fused-ring (bicyclic) bond motifs is 1. The number of rotatable bonds is 4. The Morgan fingerprint density at radius 1 is 1.56 bits per heavy atom. The number of aromatic nitrogens is 4. The number of thioether (sulfide) groups is 1. The molecule has 0 aromatic carbocycles. The molecule has 1 fully saturated rings. The van der Waals surface area contributed by atoms with E-state index in [-0.39, 0.29) is 28.9 Å². The molecule has 4 atom stereocenters. The maximum Gasteiger partial charge on any atom is 0.280 e. The lowest BCUT2D eigenvalue weighted by atomic mass is 10.1. The second kappa shape index (κ2) is 6.73. The zero-order valence-corrected chi connectivity index (χ0v) is 14.3. The van der Waals surface area contributed by atoms with Gasteiger partial charge in [0.2, 0.25) is 11.9 Å². The molecule has 11 heteroatoms. The predicted octanol–water partition coefficient (Wildman–Crippen LogP) is 0.0194. The smallest absolute Gasteiger partial charge is 0.280 e. The number of imidazole rings is 1. The first-order valence-corrected chi connectivity index (χ1v) is 8.64. The van der Waals surface area contributed by atoms with Crippen LogP contribution in [0.2, 0.25) is 0 Å². The van der Waals surface area contributed by atoms with Crippen molar-refractivity contribution >= 4 is 34.8 Å². The van der Waals surface area contributed by atoms with Gasteiger partial charge in [-0.1, -0.05) is 13.8 Å². The van der Waals surface area contributed by atoms with E-state index in [0.29, 0.717) is 0 Å². The number of aliphatic hydroxyl groups is 2. The Kier molecular flexibility index (Phi) is 4.80. The molecule has 0 aliphatic carbocycles. The lowest BCUT2D eigenvalue weighted by Gasteiger charge is -2.16. The first kappa shape index (κ1) is 17.8. The second-order valence-corrected chi connectivity index (χ2v) is 7.43. The highest BCUT2D eigenvalue weighted by Gasteiger charge is 2.45. The lowest BCUT2D eigenvalue weighted by molar-refractivity contribution is -0.118. The van der Waals surface area contributed by atoms with Gasteiger partial charge in [-0.05, 0) is 0 Å². The van der Waals surface area contributed by atoms with Crippen LogP contribution in [0.3, 0.4) is 0 Å². The number of aliphatic hydroxyl groups excluding tert-OH is 2. The highest BCUT2D eigenvalue weighted by Crippen LogP contribution is 2.43. The molecule has 4 N–H and O–H groups in total. The van der Waals surface area contributed by atoms with Crippen LogP contribution in [0.5, 0.6) is 0 Å². The number of amides is 1. The van der Waals surface area contributed by atoms with Gasteiger partial charge in [0.05, 0.1) is 18.2 Å². The third kappa shape index (κ3) is 3.14. The minimum atomic E-state index is -1.61. The zero-order valence-electron chi connectivity index (χ0n) is 13.5. The van der Waals surface area contributed by atoms with E-state index in [9.17, 15) is 24.2 Å². The summed E-state index contributed by atoms with van der Waals surface area (Å²) in [7, 11) is 0. The molecule has 0 bridgehead atoms. The van der Waals surface area contributed by atoms with Crippen LogP contribution in [0.1, 0.15) is 19.2 Å². The van der Waals surface area contributed by atoms with Crippen LogP contribution >= 0.6 is 11.8 Å². The summed E-state index contributed by atoms with van der Waals surface area (Å²) in [6.45, 7) is 2.96. The van der Waals surface area contributed by atoms with E-state index in [1.807, 2.05) is 0 Å². The summed E-state index contributed by atoms with van der Waals surface area (Å²) >= 11 is 1.04. The summed E-state index contributed by atoms with van der Waals surface area (Å²) in [5.74, 6) is -0.685. The summed E-state index contributed by atoms with van der Waals surface area (Å²) in [6, 6.07) is 0. The fourth-order valence-electron chi connectivity index (χ4n) is 2.52. The van der Waals surface area contributed by atoms with Gasteiger partial charge in [0.25, 0.3) is 5.56 Å². The van der Waals surface area contributed by atoms with Gasteiger partial charge in [0.15, 0.2) is 11.2 Å². The van der Waals surface area contributed by atoms with E-state index in [2.05, 4.69) is 20.3 Å². The first-order chi connectivity index (χ1) is 11.8. The molecule has 0 spiro atoms. The summed E-state index contributed by atoms with van der Waals surface area (Å²) < 4.78 is 15.4. The number of hydrogen-bond acceptors (Lipinski definition) is 7. The molecule has 9 nitrogen and oxygen atoms in total. The molecule has 1 amide bonds. The third-order valence-corrected chi connectivity index (χ3v) is 5.48. The maximum absolute atomic E-state index is 14.0. The van der Waals surface area contributed by atoms with Gasteiger partial charge in [-0.3, -0.25) is 24.5 Å². The number of nitrogens with one attached hydrogen (secondary N) is 2. The number of anilines is 1. The van der Waals surface area contributed by atoms with Crippen molar-refractivity contribution in [2.45, 2.75) is 36.7 Å². The molecular weight excluding hydrogens is 353 g/mol. The first-order valence-electron chi connectivity index (χ1n) is 7.69. The molecule has 0 saturated carbocycles. The van der Waals surface area contributed by atoms with Crippen LogP contribution < -0.4 is 10.9 Å². The standard InChI is InChI=1S/C14H18FN5O4S/c1-5(2)11(23)18-14-17-10-8(12(24)19-14)16-4-20(10)13-9(22)7(15)6(3-21)25-13/h4-7,9,13,21-22H,3H2,1-2H3,(H2,17,18,19,23,24)/t6?,7-,9-,13-/m1/s1. The summed E-state index contributed by atoms with van der Waals surface area (Å²) in [5.41, 5.74) is -0.431. The quantitative estimate of drug-likeness (QED) is 0.595. The van der Waals surface area contributed by atoms with Crippen molar-refractivity contribution in [3.8, 4) is 0 Å². The van der Waals surface area contributed by atoms with Crippen LogP contribution in [0.15, 0.2) is 11.1 Å². The molecule has 0 radical (unpaired) electrons. The van der Waals surface area contributed by atoms with Gasteiger partial charge >= 0.3 is 0 Å². The Balaban J connectivity index is 2.01. The van der Waals surface area contributed by atoms with E-state index in [1.54, 1.807) is 13.8 Å². The fraction of sp³-hybridized carbons (Fsp3) is 0.571. The van der Waals surface area contributed by atoms with Crippen molar-refractivity contribution in [3.63, 3.8) is 0 Å². The van der Waals surface area contributed by atoms with Gasteiger partial charge in [-0.15, -0.1) is 11.8 Å². The summed E-state index contributed by atoms with van der Waals surface area (Å²) in [5, 5.41) is 20.2. The van der Waals surface area contributed by atoms with Crippen LogP contribution in [-0.4, -0.2) is 59.8 Å². The highest BCUT2D eigenvalue weighted by molar-refractivity contribution is 8.00. The van der Waals surface area contributed by atoms with E-state index < -0.39 is 35.1 Å². The van der Waals surface area contributed by atoms with Gasteiger partial charge < -0.3 is 10.2 Å². The fourth-order valence-corrected chi connectivity index (χ4v) is 3.87. The Morgan fingerprint density at radius 2 is 2.28 bits per heavy atom. The predicted molar refractivity (Wildman–Crippen MR) is 90.0 cm³/mol. The number of hydrogen-bond donors (Lipinski definition) is 4. The van der Waals surface area contributed by atoms with E-state index >= 15 is 0 Å². The maximum atomic E-state index is 14.0. The monoisotopic (exact) mass is 371 g/mol. The number of alkyl halides is 1. The van der Waals surface area contributed by atoms with Crippen molar-refractivity contribution in [2.24, 2.45) is 5.92 Å². The zero-order chi connectivity index (χ0) is 18.3. The number of nitrogens with zero attached hydrogens (tertiary/aromatic N) is 3. The summed E-state index contributed by atoms with van der Waals surface area (Å²) in [4.78, 5) is 34.5. The van der Waals surface area contributed by atoms with Crippen LogP contribution in [-0.2, 0) is 4.79 Å². The Labute approximate surface area is 145 Å². The Morgan fingerprint density at radius 3 is 2.88 bits per heavy atom. The topological polar surface area (TPSA) is 133 Å². The van der Waals surface area contributed by atoms with Crippen LogP contribution in [0.4, 0.5) is 10.3 Å². The van der Waals surface area contributed by atoms with E-state index in [4.69, 9.17) is 0 Å². The van der Waals surface area contributed by atoms with Gasteiger partial charge in [0, 0.05) is 5.92 Å². The SMILES string of the molecule is CC(C)C(=O)Nc1nc2c(ncn2[C@@H]2SC(CO)[C@@H](F)[C@H]2O)c(=O)[nH]1. The number of halogens is 1.